The molecule has 21 heavy (non-hydrogen) atoms. The highest BCUT2D eigenvalue weighted by Crippen LogP contribution is 2.18. The lowest BCUT2D eigenvalue weighted by molar-refractivity contribution is 0.250. The van der Waals surface area contributed by atoms with Gasteiger partial charge in [-0.05, 0) is 41.8 Å². The van der Waals surface area contributed by atoms with Gasteiger partial charge in [-0.2, -0.15) is 0 Å². The average Bonchev–Trinajstić information content (AvgIpc) is 2.57. The van der Waals surface area contributed by atoms with Crippen LogP contribution >= 0.6 is 11.9 Å². The molecule has 2 N–H and O–H groups in total. The lowest BCUT2D eigenvalue weighted by Gasteiger charge is -2.36. The van der Waals surface area contributed by atoms with E-state index in [1.165, 1.54) is 23.2 Å². The number of nitrogens with two attached hydrogens (primary N) is 1. The Balaban J connectivity index is 1.53. The number of hydrogen-bond donors (Lipinski definition) is 1. The van der Waals surface area contributed by atoms with Crippen molar-refractivity contribution in [2.45, 2.75) is 11.4 Å². The highest BCUT2D eigenvalue weighted by atomic mass is 32.2. The predicted molar refractivity (Wildman–Crippen MR) is 90.4 cm³/mol. The molecule has 1 saturated heterocycles. The number of hydrogen-bond acceptors (Lipinski definition) is 4. The summed E-state index contributed by atoms with van der Waals surface area (Å²) in [6.45, 7) is 5.45. The molecule has 0 unspecified atom stereocenters. The van der Waals surface area contributed by atoms with Crippen LogP contribution < -0.4 is 10.0 Å². The van der Waals surface area contributed by atoms with Gasteiger partial charge in [0.2, 0.25) is 0 Å². The SMILES string of the molecule is NSc1ccc(CN2CCN(c3ccccc3)CC2)cc1. The van der Waals surface area contributed by atoms with Crippen molar-refractivity contribution in [2.75, 3.05) is 31.1 Å². The summed E-state index contributed by atoms with van der Waals surface area (Å²) in [7, 11) is 0. The normalized spacial score (nSPS) is 16.1. The third-order valence-electron chi connectivity index (χ3n) is 3.96. The van der Waals surface area contributed by atoms with Crippen molar-refractivity contribution < 1.29 is 0 Å². The summed E-state index contributed by atoms with van der Waals surface area (Å²) in [5, 5.41) is 5.56. The lowest BCUT2D eigenvalue weighted by atomic mass is 10.2. The van der Waals surface area contributed by atoms with E-state index in [0.29, 0.717) is 0 Å². The summed E-state index contributed by atoms with van der Waals surface area (Å²) in [4.78, 5) is 6.10. The molecule has 0 aromatic heterocycles. The summed E-state index contributed by atoms with van der Waals surface area (Å²) >= 11 is 1.30. The van der Waals surface area contributed by atoms with Gasteiger partial charge in [0.1, 0.15) is 0 Å². The summed E-state index contributed by atoms with van der Waals surface area (Å²) in [5.74, 6) is 0. The van der Waals surface area contributed by atoms with Crippen LogP contribution in [-0.2, 0) is 6.54 Å². The largest absolute Gasteiger partial charge is 0.369 e. The second kappa shape index (κ2) is 6.98. The smallest absolute Gasteiger partial charge is 0.0367 e. The van der Waals surface area contributed by atoms with Crippen LogP contribution in [-0.4, -0.2) is 31.1 Å². The summed E-state index contributed by atoms with van der Waals surface area (Å²) < 4.78 is 0. The minimum absolute atomic E-state index is 1.03. The van der Waals surface area contributed by atoms with Gasteiger partial charge in [-0.25, -0.2) is 0 Å². The fraction of sp³-hybridized carbons (Fsp3) is 0.294. The Kier molecular flexibility index (Phi) is 4.80. The van der Waals surface area contributed by atoms with Crippen molar-refractivity contribution >= 4 is 17.6 Å². The van der Waals surface area contributed by atoms with Crippen LogP contribution in [0.1, 0.15) is 5.56 Å². The highest BCUT2D eigenvalue weighted by molar-refractivity contribution is 7.97. The third-order valence-corrected chi connectivity index (χ3v) is 4.50. The van der Waals surface area contributed by atoms with Gasteiger partial charge in [-0.1, -0.05) is 30.3 Å². The van der Waals surface area contributed by atoms with E-state index in [-0.39, 0.29) is 0 Å². The molecule has 0 amide bonds. The highest BCUT2D eigenvalue weighted by Gasteiger charge is 2.16. The van der Waals surface area contributed by atoms with E-state index in [2.05, 4.69) is 64.4 Å². The third kappa shape index (κ3) is 3.79. The molecule has 3 nitrogen and oxygen atoms in total. The Morgan fingerprint density at radius 1 is 0.857 bits per heavy atom. The number of para-hydroxylation sites is 1. The molecular formula is C17H21N3S. The van der Waals surface area contributed by atoms with Gasteiger partial charge in [-0.15, -0.1) is 0 Å². The van der Waals surface area contributed by atoms with E-state index in [1.54, 1.807) is 0 Å². The Labute approximate surface area is 130 Å². The van der Waals surface area contributed by atoms with E-state index < -0.39 is 0 Å². The standard InChI is InChI=1S/C17H21N3S/c18-21-17-8-6-15(7-9-17)14-19-10-12-20(13-11-19)16-4-2-1-3-5-16/h1-9H,10-14,18H2. The Hall–Kier alpha value is -1.49. The number of anilines is 1. The molecular weight excluding hydrogens is 278 g/mol. The summed E-state index contributed by atoms with van der Waals surface area (Å²) in [5.41, 5.74) is 2.70. The van der Waals surface area contributed by atoms with Gasteiger partial charge in [0.05, 0.1) is 0 Å². The van der Waals surface area contributed by atoms with Gasteiger partial charge in [-0.3, -0.25) is 10.0 Å². The van der Waals surface area contributed by atoms with Crippen molar-refractivity contribution in [2.24, 2.45) is 5.14 Å². The summed E-state index contributed by atoms with van der Waals surface area (Å²) in [6, 6.07) is 19.2. The van der Waals surface area contributed by atoms with Crippen molar-refractivity contribution in [1.29, 1.82) is 0 Å². The first-order chi connectivity index (χ1) is 10.3. The monoisotopic (exact) mass is 299 g/mol. The molecule has 2 aromatic carbocycles. The topological polar surface area (TPSA) is 32.5 Å². The minimum atomic E-state index is 1.03. The van der Waals surface area contributed by atoms with Gasteiger partial charge in [0.25, 0.3) is 0 Å². The van der Waals surface area contributed by atoms with Gasteiger partial charge in [0.15, 0.2) is 0 Å². The predicted octanol–water partition coefficient (Wildman–Crippen LogP) is 2.97. The van der Waals surface area contributed by atoms with Crippen LogP contribution in [0.3, 0.4) is 0 Å². The van der Waals surface area contributed by atoms with Crippen LogP contribution in [0.25, 0.3) is 0 Å². The molecule has 4 heteroatoms. The first-order valence-electron chi connectivity index (χ1n) is 7.33. The van der Waals surface area contributed by atoms with Crippen molar-refractivity contribution in [3.63, 3.8) is 0 Å². The lowest BCUT2D eigenvalue weighted by Crippen LogP contribution is -2.45. The maximum absolute atomic E-state index is 5.56. The molecule has 3 rings (SSSR count). The van der Waals surface area contributed by atoms with Crippen LogP contribution in [0.4, 0.5) is 5.69 Å². The average molecular weight is 299 g/mol. The zero-order valence-corrected chi connectivity index (χ0v) is 12.9. The molecule has 110 valence electrons. The zero-order chi connectivity index (χ0) is 14.5. The Morgan fingerprint density at radius 2 is 1.52 bits per heavy atom. The second-order valence-electron chi connectivity index (χ2n) is 5.36. The van der Waals surface area contributed by atoms with Crippen molar-refractivity contribution in [1.82, 2.24) is 4.90 Å². The fourth-order valence-electron chi connectivity index (χ4n) is 2.73. The van der Waals surface area contributed by atoms with Gasteiger partial charge in [0, 0.05) is 43.3 Å². The maximum Gasteiger partial charge on any atom is 0.0367 e. The van der Waals surface area contributed by atoms with Gasteiger partial charge >= 0.3 is 0 Å². The summed E-state index contributed by atoms with van der Waals surface area (Å²) in [6.07, 6.45) is 0. The molecule has 0 radical (unpaired) electrons. The van der Waals surface area contributed by atoms with Crippen molar-refractivity contribution in [3.05, 3.63) is 60.2 Å². The fourth-order valence-corrected chi connectivity index (χ4v) is 3.03. The molecule has 0 saturated carbocycles. The minimum Gasteiger partial charge on any atom is -0.369 e. The molecule has 1 heterocycles. The van der Waals surface area contributed by atoms with E-state index >= 15 is 0 Å². The van der Waals surface area contributed by atoms with Crippen LogP contribution in [0.2, 0.25) is 0 Å². The molecule has 1 aliphatic heterocycles. The number of rotatable bonds is 4. The van der Waals surface area contributed by atoms with E-state index in [1.807, 2.05) is 0 Å². The van der Waals surface area contributed by atoms with E-state index in [0.717, 1.165) is 37.6 Å². The van der Waals surface area contributed by atoms with Crippen LogP contribution in [0.5, 0.6) is 0 Å². The number of benzene rings is 2. The van der Waals surface area contributed by atoms with Crippen LogP contribution in [0.15, 0.2) is 59.5 Å². The quantitative estimate of drug-likeness (QED) is 0.880. The molecule has 1 aliphatic rings. The Morgan fingerprint density at radius 3 is 2.14 bits per heavy atom. The van der Waals surface area contributed by atoms with E-state index in [4.69, 9.17) is 5.14 Å². The molecule has 0 bridgehead atoms. The van der Waals surface area contributed by atoms with E-state index in [9.17, 15) is 0 Å². The molecule has 0 aliphatic carbocycles. The molecule has 2 aromatic rings. The molecule has 1 fully saturated rings. The molecule has 0 atom stereocenters. The second-order valence-corrected chi connectivity index (χ2v) is 6.07. The molecule has 0 spiro atoms. The number of piperazine rings is 1. The Bertz CT molecular complexity index is 548. The van der Waals surface area contributed by atoms with Crippen LogP contribution in [0, 0.1) is 0 Å². The van der Waals surface area contributed by atoms with Gasteiger partial charge < -0.3 is 4.90 Å². The van der Waals surface area contributed by atoms with Crippen molar-refractivity contribution in [3.8, 4) is 0 Å². The first kappa shape index (κ1) is 14.4. The maximum atomic E-state index is 5.56. The zero-order valence-electron chi connectivity index (χ0n) is 12.1. The number of nitrogens with zero attached hydrogens (tertiary/aromatic N) is 2. The first-order valence-corrected chi connectivity index (χ1v) is 8.21.